The van der Waals surface area contributed by atoms with E-state index in [1.54, 1.807) is 11.9 Å². The highest BCUT2D eigenvalue weighted by molar-refractivity contribution is 7.89. The highest BCUT2D eigenvalue weighted by Crippen LogP contribution is 2.25. The summed E-state index contributed by atoms with van der Waals surface area (Å²) in [4.78, 5) is 11.8. The van der Waals surface area contributed by atoms with Gasteiger partial charge >= 0.3 is 5.97 Å². The van der Waals surface area contributed by atoms with Crippen LogP contribution in [0.1, 0.15) is 19.3 Å². The van der Waals surface area contributed by atoms with E-state index >= 15 is 0 Å². The lowest BCUT2D eigenvalue weighted by atomic mass is 10.1. The Bertz CT molecular complexity index is 711. The van der Waals surface area contributed by atoms with Crippen LogP contribution in [0, 0.1) is 11.6 Å². The number of rotatable bonds is 5. The van der Waals surface area contributed by atoms with Crippen LogP contribution >= 0.6 is 0 Å². The standard InChI is InChI=1S/C15H20F2N2O4S/c1-18(10-14(20)21)11-4-3-8-19(9-7-11)24(22,23)13-6-2-5-12(16)15(13)17/h2,5-6,11H,3-4,7-10H2,1H3,(H,20,21). The molecule has 1 aromatic rings. The second kappa shape index (κ2) is 7.54. The quantitative estimate of drug-likeness (QED) is 0.859. The Labute approximate surface area is 139 Å². The maximum Gasteiger partial charge on any atom is 0.317 e. The van der Waals surface area contributed by atoms with Gasteiger partial charge in [-0.2, -0.15) is 4.31 Å². The minimum absolute atomic E-state index is 0.0707. The van der Waals surface area contributed by atoms with Crippen molar-refractivity contribution in [2.75, 3.05) is 26.7 Å². The number of carboxylic acid groups (broad SMARTS) is 1. The number of carbonyl (C=O) groups is 1. The van der Waals surface area contributed by atoms with Crippen molar-refractivity contribution >= 4 is 16.0 Å². The van der Waals surface area contributed by atoms with Crippen molar-refractivity contribution in [1.82, 2.24) is 9.21 Å². The van der Waals surface area contributed by atoms with E-state index in [1.165, 1.54) is 0 Å². The summed E-state index contributed by atoms with van der Waals surface area (Å²) in [5.74, 6) is -3.53. The largest absolute Gasteiger partial charge is 0.480 e. The van der Waals surface area contributed by atoms with Crippen molar-refractivity contribution in [2.24, 2.45) is 0 Å². The van der Waals surface area contributed by atoms with E-state index in [0.29, 0.717) is 19.3 Å². The zero-order chi connectivity index (χ0) is 17.9. The number of likely N-dealkylation sites (N-methyl/N-ethyl adjacent to an activating group) is 1. The van der Waals surface area contributed by atoms with Crippen LogP contribution in [0.2, 0.25) is 0 Å². The van der Waals surface area contributed by atoms with Crippen molar-refractivity contribution in [3.63, 3.8) is 0 Å². The van der Waals surface area contributed by atoms with Crippen LogP contribution in [0.4, 0.5) is 8.78 Å². The summed E-state index contributed by atoms with van der Waals surface area (Å²) in [5, 5.41) is 8.85. The van der Waals surface area contributed by atoms with E-state index in [4.69, 9.17) is 5.11 Å². The minimum Gasteiger partial charge on any atom is -0.480 e. The molecule has 0 bridgehead atoms. The van der Waals surface area contributed by atoms with Gasteiger partial charge in [0.25, 0.3) is 0 Å². The van der Waals surface area contributed by atoms with Crippen molar-refractivity contribution in [3.8, 4) is 0 Å². The van der Waals surface area contributed by atoms with Gasteiger partial charge < -0.3 is 5.11 Å². The van der Waals surface area contributed by atoms with Gasteiger partial charge in [-0.15, -0.1) is 0 Å². The summed E-state index contributed by atoms with van der Waals surface area (Å²) in [5.41, 5.74) is 0. The monoisotopic (exact) mass is 362 g/mol. The molecule has 9 heteroatoms. The number of benzene rings is 1. The first-order valence-electron chi connectivity index (χ1n) is 7.59. The van der Waals surface area contributed by atoms with Crippen LogP contribution in [0.25, 0.3) is 0 Å². The molecule has 2 rings (SSSR count). The molecule has 1 aliphatic rings. The van der Waals surface area contributed by atoms with E-state index in [2.05, 4.69) is 0 Å². The van der Waals surface area contributed by atoms with Crippen LogP contribution in [-0.4, -0.2) is 61.4 Å². The Morgan fingerprint density at radius 1 is 1.33 bits per heavy atom. The first-order valence-corrected chi connectivity index (χ1v) is 9.03. The summed E-state index contributed by atoms with van der Waals surface area (Å²) in [7, 11) is -2.45. The lowest BCUT2D eigenvalue weighted by Gasteiger charge is -2.25. The molecule has 1 aliphatic heterocycles. The minimum atomic E-state index is -4.13. The Morgan fingerprint density at radius 3 is 2.71 bits per heavy atom. The summed E-state index contributed by atoms with van der Waals surface area (Å²) < 4.78 is 53.5. The highest BCUT2D eigenvalue weighted by Gasteiger charge is 2.31. The molecule has 1 fully saturated rings. The van der Waals surface area contributed by atoms with E-state index in [9.17, 15) is 22.0 Å². The fourth-order valence-corrected chi connectivity index (χ4v) is 4.47. The highest BCUT2D eigenvalue weighted by atomic mass is 32.2. The third kappa shape index (κ3) is 4.08. The molecule has 1 heterocycles. The summed E-state index contributed by atoms with van der Waals surface area (Å²) in [6.07, 6.45) is 1.59. The normalized spacial score (nSPS) is 20.1. The molecule has 1 saturated heterocycles. The molecule has 1 N–H and O–H groups in total. The van der Waals surface area contributed by atoms with Crippen LogP contribution in [0.5, 0.6) is 0 Å². The van der Waals surface area contributed by atoms with Crippen molar-refractivity contribution in [2.45, 2.75) is 30.2 Å². The van der Waals surface area contributed by atoms with E-state index in [1.807, 2.05) is 0 Å². The van der Waals surface area contributed by atoms with Gasteiger partial charge in [-0.1, -0.05) is 6.07 Å². The Morgan fingerprint density at radius 2 is 2.04 bits per heavy atom. The van der Waals surface area contributed by atoms with Gasteiger partial charge in [0.2, 0.25) is 10.0 Å². The van der Waals surface area contributed by atoms with E-state index < -0.39 is 32.5 Å². The average Bonchev–Trinajstić information content (AvgIpc) is 2.75. The van der Waals surface area contributed by atoms with Gasteiger partial charge in [0, 0.05) is 19.1 Å². The lowest BCUT2D eigenvalue weighted by Crippen LogP contribution is -2.37. The van der Waals surface area contributed by atoms with Gasteiger partial charge in [-0.25, -0.2) is 17.2 Å². The maximum atomic E-state index is 13.8. The van der Waals surface area contributed by atoms with Gasteiger partial charge in [0.1, 0.15) is 4.90 Å². The van der Waals surface area contributed by atoms with Crippen molar-refractivity contribution in [3.05, 3.63) is 29.8 Å². The molecule has 0 aromatic heterocycles. The predicted molar refractivity (Wildman–Crippen MR) is 83.0 cm³/mol. The second-order valence-electron chi connectivity index (χ2n) is 5.85. The van der Waals surface area contributed by atoms with Gasteiger partial charge in [-0.05, 0) is 38.4 Å². The Kier molecular flexibility index (Phi) is 5.89. The molecular weight excluding hydrogens is 342 g/mol. The number of nitrogens with zero attached hydrogens (tertiary/aromatic N) is 2. The van der Waals surface area contributed by atoms with E-state index in [0.717, 1.165) is 22.5 Å². The molecule has 134 valence electrons. The molecule has 0 spiro atoms. The fraction of sp³-hybridized carbons (Fsp3) is 0.533. The number of hydrogen-bond acceptors (Lipinski definition) is 4. The third-order valence-corrected chi connectivity index (χ3v) is 6.11. The molecule has 24 heavy (non-hydrogen) atoms. The van der Waals surface area contributed by atoms with Crippen LogP contribution in [0.3, 0.4) is 0 Å². The fourth-order valence-electron chi connectivity index (χ4n) is 2.90. The predicted octanol–water partition coefficient (Wildman–Crippen LogP) is 1.52. The SMILES string of the molecule is CN(CC(=O)O)C1CCCN(S(=O)(=O)c2cccc(F)c2F)CC1. The summed E-state index contributed by atoms with van der Waals surface area (Å²) in [6.45, 7) is 0.193. The van der Waals surface area contributed by atoms with E-state index in [-0.39, 0.29) is 25.7 Å². The van der Waals surface area contributed by atoms with Gasteiger partial charge in [0.05, 0.1) is 6.54 Å². The Hall–Kier alpha value is -1.58. The first-order chi connectivity index (χ1) is 11.2. The molecule has 1 atom stereocenters. The molecule has 0 aliphatic carbocycles. The topological polar surface area (TPSA) is 77.9 Å². The van der Waals surface area contributed by atoms with Crippen molar-refractivity contribution in [1.29, 1.82) is 0 Å². The van der Waals surface area contributed by atoms with Crippen LogP contribution in [-0.2, 0) is 14.8 Å². The number of aliphatic carboxylic acids is 1. The maximum absolute atomic E-state index is 13.8. The zero-order valence-electron chi connectivity index (χ0n) is 13.3. The third-order valence-electron chi connectivity index (χ3n) is 4.20. The zero-order valence-corrected chi connectivity index (χ0v) is 14.1. The average molecular weight is 362 g/mol. The van der Waals surface area contributed by atoms with Crippen LogP contribution < -0.4 is 0 Å². The number of halogens is 2. The smallest absolute Gasteiger partial charge is 0.317 e. The molecular formula is C15H20F2N2O4S. The molecule has 0 radical (unpaired) electrons. The molecule has 1 aromatic carbocycles. The molecule has 0 saturated carbocycles. The van der Waals surface area contributed by atoms with Gasteiger partial charge in [-0.3, -0.25) is 9.69 Å². The molecule has 1 unspecified atom stereocenters. The lowest BCUT2D eigenvalue weighted by molar-refractivity contribution is -0.138. The molecule has 0 amide bonds. The second-order valence-corrected chi connectivity index (χ2v) is 7.76. The molecule has 6 nitrogen and oxygen atoms in total. The Balaban J connectivity index is 2.15. The van der Waals surface area contributed by atoms with Gasteiger partial charge in [0.15, 0.2) is 11.6 Å². The number of carboxylic acids is 1. The summed E-state index contributed by atoms with van der Waals surface area (Å²) >= 11 is 0. The first kappa shape index (κ1) is 18.8. The summed E-state index contributed by atoms with van der Waals surface area (Å²) in [6, 6.07) is 3.01. The van der Waals surface area contributed by atoms with Crippen LogP contribution in [0.15, 0.2) is 23.1 Å². The van der Waals surface area contributed by atoms with Crippen molar-refractivity contribution < 1.29 is 27.1 Å². The number of hydrogen-bond donors (Lipinski definition) is 1. The number of sulfonamides is 1.